The summed E-state index contributed by atoms with van der Waals surface area (Å²) in [7, 11) is -3.93. The molecule has 0 unspecified atom stereocenters. The molecule has 0 aromatic heterocycles. The summed E-state index contributed by atoms with van der Waals surface area (Å²) in [5.74, 6) is -1.17. The highest BCUT2D eigenvalue weighted by molar-refractivity contribution is 7.89. The fourth-order valence-corrected chi connectivity index (χ4v) is 4.30. The van der Waals surface area contributed by atoms with Gasteiger partial charge in [-0.3, -0.25) is 0 Å². The van der Waals surface area contributed by atoms with Crippen molar-refractivity contribution < 1.29 is 18.3 Å². The lowest BCUT2D eigenvalue weighted by atomic mass is 10.1. The SMILES string of the molecule is CCC[C@@H](C)Nc1ccc(C(=O)O)cc1S(=O)(=O)N[C@@H](C)c1ccccc1. The van der Waals surface area contributed by atoms with E-state index in [0.29, 0.717) is 5.69 Å². The van der Waals surface area contributed by atoms with E-state index in [4.69, 9.17) is 0 Å². The van der Waals surface area contributed by atoms with E-state index in [1.807, 2.05) is 44.2 Å². The summed E-state index contributed by atoms with van der Waals surface area (Å²) in [5.41, 5.74) is 1.15. The zero-order valence-corrected chi connectivity index (χ0v) is 16.6. The molecule has 0 aliphatic heterocycles. The second-order valence-corrected chi connectivity index (χ2v) is 8.29. The van der Waals surface area contributed by atoms with E-state index in [2.05, 4.69) is 10.0 Å². The first-order valence-electron chi connectivity index (χ1n) is 8.95. The predicted molar refractivity (Wildman–Crippen MR) is 107 cm³/mol. The lowest BCUT2D eigenvalue weighted by Gasteiger charge is -2.20. The van der Waals surface area contributed by atoms with E-state index < -0.39 is 22.0 Å². The number of hydrogen-bond donors (Lipinski definition) is 3. The summed E-state index contributed by atoms with van der Waals surface area (Å²) in [6.45, 7) is 5.76. The largest absolute Gasteiger partial charge is 0.478 e. The molecule has 0 bridgehead atoms. The van der Waals surface area contributed by atoms with Gasteiger partial charge < -0.3 is 10.4 Å². The molecule has 2 atom stereocenters. The van der Waals surface area contributed by atoms with Crippen LogP contribution in [0.5, 0.6) is 0 Å². The van der Waals surface area contributed by atoms with Gasteiger partial charge in [0, 0.05) is 12.1 Å². The van der Waals surface area contributed by atoms with Crippen LogP contribution in [-0.4, -0.2) is 25.5 Å². The summed E-state index contributed by atoms with van der Waals surface area (Å²) >= 11 is 0. The molecular weight excluding hydrogens is 364 g/mol. The third-order valence-corrected chi connectivity index (χ3v) is 5.85. The number of carboxylic acids is 1. The molecule has 0 radical (unpaired) electrons. The minimum absolute atomic E-state index is 0.0613. The molecule has 27 heavy (non-hydrogen) atoms. The minimum atomic E-state index is -3.93. The van der Waals surface area contributed by atoms with Crippen LogP contribution in [0.1, 0.15) is 55.6 Å². The highest BCUT2D eigenvalue weighted by Crippen LogP contribution is 2.26. The molecule has 0 heterocycles. The van der Waals surface area contributed by atoms with Crippen LogP contribution >= 0.6 is 0 Å². The zero-order chi connectivity index (χ0) is 20.0. The highest BCUT2D eigenvalue weighted by Gasteiger charge is 2.24. The molecule has 146 valence electrons. The quantitative estimate of drug-likeness (QED) is 0.601. The first kappa shape index (κ1) is 20.9. The average molecular weight is 391 g/mol. The van der Waals surface area contributed by atoms with Gasteiger partial charge in [-0.05, 0) is 44.0 Å². The Hall–Kier alpha value is -2.38. The van der Waals surface area contributed by atoms with Gasteiger partial charge in [0.15, 0.2) is 0 Å². The Kier molecular flexibility index (Phi) is 6.98. The van der Waals surface area contributed by atoms with Crippen LogP contribution in [0.25, 0.3) is 0 Å². The number of sulfonamides is 1. The molecule has 2 aromatic carbocycles. The van der Waals surface area contributed by atoms with Crippen molar-refractivity contribution in [3.8, 4) is 0 Å². The summed E-state index contributed by atoms with van der Waals surface area (Å²) < 4.78 is 28.7. The van der Waals surface area contributed by atoms with Crippen molar-refractivity contribution in [2.75, 3.05) is 5.32 Å². The lowest BCUT2D eigenvalue weighted by molar-refractivity contribution is 0.0696. The number of carbonyl (C=O) groups is 1. The van der Waals surface area contributed by atoms with Crippen molar-refractivity contribution in [3.05, 3.63) is 59.7 Å². The van der Waals surface area contributed by atoms with Crippen LogP contribution < -0.4 is 10.0 Å². The van der Waals surface area contributed by atoms with Crippen LogP contribution in [0.3, 0.4) is 0 Å². The van der Waals surface area contributed by atoms with Crippen LogP contribution in [0.4, 0.5) is 5.69 Å². The Labute approximate surface area is 160 Å². The van der Waals surface area contributed by atoms with Crippen molar-refractivity contribution >= 4 is 21.7 Å². The summed E-state index contributed by atoms with van der Waals surface area (Å²) in [6.07, 6.45) is 1.82. The van der Waals surface area contributed by atoms with E-state index in [-0.39, 0.29) is 16.5 Å². The maximum absolute atomic E-state index is 13.0. The molecule has 0 aliphatic carbocycles. The Morgan fingerprint density at radius 1 is 1.11 bits per heavy atom. The Morgan fingerprint density at radius 2 is 1.78 bits per heavy atom. The van der Waals surface area contributed by atoms with Gasteiger partial charge in [0.1, 0.15) is 4.90 Å². The fourth-order valence-electron chi connectivity index (χ4n) is 2.87. The van der Waals surface area contributed by atoms with E-state index in [1.54, 1.807) is 6.92 Å². The number of rotatable bonds is 9. The number of anilines is 1. The van der Waals surface area contributed by atoms with Gasteiger partial charge in [-0.25, -0.2) is 17.9 Å². The molecular formula is C20H26N2O4S. The highest BCUT2D eigenvalue weighted by atomic mass is 32.2. The van der Waals surface area contributed by atoms with Crippen molar-refractivity contribution in [2.24, 2.45) is 0 Å². The summed E-state index contributed by atoms with van der Waals surface area (Å²) in [5, 5.41) is 12.4. The molecule has 2 rings (SSSR count). The van der Waals surface area contributed by atoms with Crippen LogP contribution in [0.15, 0.2) is 53.4 Å². The standard InChI is InChI=1S/C20H26N2O4S/c1-4-8-14(2)21-18-12-11-17(20(23)24)13-19(18)27(25,26)22-15(3)16-9-6-5-7-10-16/h5-7,9-15,21-22H,4,8H2,1-3H3,(H,23,24)/t14-,15+/m1/s1. The molecule has 0 spiro atoms. The van der Waals surface area contributed by atoms with Crippen LogP contribution in [0, 0.1) is 0 Å². The van der Waals surface area contributed by atoms with Crippen molar-refractivity contribution in [1.29, 1.82) is 0 Å². The van der Waals surface area contributed by atoms with E-state index in [9.17, 15) is 18.3 Å². The topological polar surface area (TPSA) is 95.5 Å². The summed E-state index contributed by atoms with van der Waals surface area (Å²) in [4.78, 5) is 11.3. The van der Waals surface area contributed by atoms with Gasteiger partial charge in [0.2, 0.25) is 10.0 Å². The fraction of sp³-hybridized carbons (Fsp3) is 0.350. The van der Waals surface area contributed by atoms with Crippen molar-refractivity contribution in [1.82, 2.24) is 4.72 Å². The summed E-state index contributed by atoms with van der Waals surface area (Å²) in [6, 6.07) is 12.9. The first-order chi connectivity index (χ1) is 12.7. The van der Waals surface area contributed by atoms with Crippen molar-refractivity contribution in [3.63, 3.8) is 0 Å². The number of benzene rings is 2. The number of carboxylic acid groups (broad SMARTS) is 1. The third-order valence-electron chi connectivity index (χ3n) is 4.27. The van der Waals surface area contributed by atoms with Crippen LogP contribution in [-0.2, 0) is 10.0 Å². The van der Waals surface area contributed by atoms with Gasteiger partial charge in [-0.2, -0.15) is 0 Å². The lowest BCUT2D eigenvalue weighted by Crippen LogP contribution is -2.28. The molecule has 7 heteroatoms. The maximum atomic E-state index is 13.0. The van der Waals surface area contributed by atoms with Crippen molar-refractivity contribution in [2.45, 2.75) is 50.6 Å². The van der Waals surface area contributed by atoms with Crippen LogP contribution in [0.2, 0.25) is 0 Å². The molecule has 0 aliphatic rings. The number of nitrogens with one attached hydrogen (secondary N) is 2. The van der Waals surface area contributed by atoms with Gasteiger partial charge in [0.25, 0.3) is 0 Å². The minimum Gasteiger partial charge on any atom is -0.478 e. The third kappa shape index (κ3) is 5.55. The molecule has 2 aromatic rings. The van der Waals surface area contributed by atoms with E-state index in [0.717, 1.165) is 18.4 Å². The number of aromatic carboxylic acids is 1. The number of hydrogen-bond acceptors (Lipinski definition) is 4. The Bertz CT molecular complexity index is 882. The smallest absolute Gasteiger partial charge is 0.335 e. The average Bonchev–Trinajstić information content (AvgIpc) is 2.62. The predicted octanol–water partition coefficient (Wildman–Crippen LogP) is 4.02. The normalized spacial score (nSPS) is 13.7. The Balaban J connectivity index is 2.39. The molecule has 0 fully saturated rings. The second kappa shape index (κ2) is 9.01. The molecule has 0 amide bonds. The zero-order valence-electron chi connectivity index (χ0n) is 15.8. The molecule has 3 N–H and O–H groups in total. The maximum Gasteiger partial charge on any atom is 0.335 e. The Morgan fingerprint density at radius 3 is 2.37 bits per heavy atom. The van der Waals surface area contributed by atoms with Gasteiger partial charge in [-0.1, -0.05) is 43.7 Å². The van der Waals surface area contributed by atoms with E-state index in [1.165, 1.54) is 18.2 Å². The second-order valence-electron chi connectivity index (χ2n) is 6.60. The molecule has 6 nitrogen and oxygen atoms in total. The molecule has 0 saturated carbocycles. The van der Waals surface area contributed by atoms with Gasteiger partial charge in [-0.15, -0.1) is 0 Å². The first-order valence-corrected chi connectivity index (χ1v) is 10.4. The van der Waals surface area contributed by atoms with Gasteiger partial charge >= 0.3 is 5.97 Å². The monoisotopic (exact) mass is 390 g/mol. The molecule has 0 saturated heterocycles. The van der Waals surface area contributed by atoms with Gasteiger partial charge in [0.05, 0.1) is 11.3 Å². The van der Waals surface area contributed by atoms with E-state index >= 15 is 0 Å².